The van der Waals surface area contributed by atoms with Gasteiger partial charge in [-0.1, -0.05) is 17.7 Å². The van der Waals surface area contributed by atoms with Gasteiger partial charge in [0.25, 0.3) is 0 Å². The Morgan fingerprint density at radius 1 is 1.07 bits per heavy atom. The van der Waals surface area contributed by atoms with Crippen molar-refractivity contribution in [3.05, 3.63) is 64.8 Å². The molecule has 2 aliphatic rings. The van der Waals surface area contributed by atoms with Gasteiger partial charge in [0, 0.05) is 30.2 Å². The number of piperidine rings is 1. The number of hydrogen-bond donors (Lipinski definition) is 0. The van der Waals surface area contributed by atoms with Crippen LogP contribution in [-0.4, -0.2) is 39.4 Å². The third-order valence-corrected chi connectivity index (χ3v) is 5.85. The normalized spacial score (nSPS) is 17.5. The number of fused-ring (bicyclic) bond motifs is 3. The molecule has 0 amide bonds. The molecule has 4 heterocycles. The van der Waals surface area contributed by atoms with Crippen molar-refractivity contribution in [3.8, 4) is 5.69 Å². The molecule has 5 rings (SSSR count). The van der Waals surface area contributed by atoms with Crippen molar-refractivity contribution in [2.24, 2.45) is 0 Å². The molecule has 3 aromatic rings. The molecule has 28 heavy (non-hydrogen) atoms. The molecule has 2 aromatic heterocycles. The highest BCUT2D eigenvalue weighted by atomic mass is 35.5. The molecule has 6 nitrogen and oxygen atoms in total. The molecule has 7 heteroatoms. The second-order valence-electron chi connectivity index (χ2n) is 7.33. The quantitative estimate of drug-likeness (QED) is 0.661. The lowest BCUT2D eigenvalue weighted by atomic mass is 9.95. The highest BCUT2D eigenvalue weighted by molar-refractivity contribution is 6.30. The number of halogens is 1. The van der Waals surface area contributed by atoms with Crippen molar-refractivity contribution in [2.75, 3.05) is 24.6 Å². The summed E-state index contributed by atoms with van der Waals surface area (Å²) in [5.74, 6) is 3.31. The maximum Gasteiger partial charge on any atom is 0.163 e. The van der Waals surface area contributed by atoms with Gasteiger partial charge in [0.05, 0.1) is 12.3 Å². The van der Waals surface area contributed by atoms with Gasteiger partial charge in [-0.25, -0.2) is 4.98 Å². The Balaban J connectivity index is 1.45. The lowest BCUT2D eigenvalue weighted by molar-refractivity contribution is 0.115. The van der Waals surface area contributed by atoms with Crippen LogP contribution >= 0.6 is 11.6 Å². The van der Waals surface area contributed by atoms with E-state index in [9.17, 15) is 0 Å². The molecule has 1 saturated heterocycles. The molecule has 0 atom stereocenters. The smallest absolute Gasteiger partial charge is 0.163 e. The van der Waals surface area contributed by atoms with E-state index in [1.807, 2.05) is 30.5 Å². The Labute approximate surface area is 169 Å². The molecule has 2 aliphatic heterocycles. The van der Waals surface area contributed by atoms with Crippen LogP contribution in [0.3, 0.4) is 0 Å². The van der Waals surface area contributed by atoms with Crippen molar-refractivity contribution in [3.63, 3.8) is 0 Å². The third-order valence-electron chi connectivity index (χ3n) is 5.62. The van der Waals surface area contributed by atoms with Crippen LogP contribution in [0.25, 0.3) is 5.69 Å². The average Bonchev–Trinajstić information content (AvgIpc) is 3.13. The first-order chi connectivity index (χ1) is 13.8. The minimum Gasteiger partial charge on any atom is -0.373 e. The standard InChI is InChI=1S/C21H22ClN5O/c22-17-4-5-18-16(13-17)8-12-28-14-20-24-25-21(27(18)20)15-6-10-26(11-7-15)19-3-1-2-9-23-19/h1-5,9,13,15H,6-8,10-12,14H2. The van der Waals surface area contributed by atoms with Crippen LogP contribution in [0.2, 0.25) is 5.02 Å². The van der Waals surface area contributed by atoms with E-state index in [1.165, 1.54) is 5.56 Å². The van der Waals surface area contributed by atoms with Gasteiger partial charge >= 0.3 is 0 Å². The number of benzene rings is 1. The Morgan fingerprint density at radius 2 is 1.96 bits per heavy atom. The van der Waals surface area contributed by atoms with Crippen molar-refractivity contribution >= 4 is 17.4 Å². The summed E-state index contributed by atoms with van der Waals surface area (Å²) in [6, 6.07) is 12.1. The fraction of sp³-hybridized carbons (Fsp3) is 0.381. The molecule has 0 radical (unpaired) electrons. The Morgan fingerprint density at radius 3 is 2.79 bits per heavy atom. The fourth-order valence-electron chi connectivity index (χ4n) is 4.18. The first-order valence-corrected chi connectivity index (χ1v) is 10.1. The summed E-state index contributed by atoms with van der Waals surface area (Å²) >= 11 is 6.24. The lowest BCUT2D eigenvalue weighted by Gasteiger charge is -2.32. The van der Waals surface area contributed by atoms with E-state index in [4.69, 9.17) is 16.3 Å². The molecule has 0 bridgehead atoms. The van der Waals surface area contributed by atoms with Crippen LogP contribution in [0.4, 0.5) is 5.82 Å². The summed E-state index contributed by atoms with van der Waals surface area (Å²) in [6.07, 6.45) is 4.74. The Bertz CT molecular complexity index is 966. The lowest BCUT2D eigenvalue weighted by Crippen LogP contribution is -2.34. The molecule has 0 aliphatic carbocycles. The van der Waals surface area contributed by atoms with E-state index >= 15 is 0 Å². The van der Waals surface area contributed by atoms with Crippen LogP contribution < -0.4 is 4.90 Å². The van der Waals surface area contributed by atoms with Gasteiger partial charge in [0.15, 0.2) is 5.82 Å². The largest absolute Gasteiger partial charge is 0.373 e. The number of aromatic nitrogens is 4. The zero-order chi connectivity index (χ0) is 18.9. The predicted octanol–water partition coefficient (Wildman–Crippen LogP) is 3.77. The van der Waals surface area contributed by atoms with Gasteiger partial charge in [-0.15, -0.1) is 10.2 Å². The molecular weight excluding hydrogens is 374 g/mol. The van der Waals surface area contributed by atoms with E-state index in [0.29, 0.717) is 19.1 Å². The van der Waals surface area contributed by atoms with E-state index in [-0.39, 0.29) is 0 Å². The van der Waals surface area contributed by atoms with Crippen molar-refractivity contribution in [1.82, 2.24) is 19.7 Å². The van der Waals surface area contributed by atoms with Gasteiger partial charge < -0.3 is 9.64 Å². The number of rotatable bonds is 2. The summed E-state index contributed by atoms with van der Waals surface area (Å²) in [7, 11) is 0. The third kappa shape index (κ3) is 3.27. The topological polar surface area (TPSA) is 56.1 Å². The summed E-state index contributed by atoms with van der Waals surface area (Å²) in [6.45, 7) is 3.08. The highest BCUT2D eigenvalue weighted by Crippen LogP contribution is 2.33. The number of nitrogens with zero attached hydrogens (tertiary/aromatic N) is 5. The second kappa shape index (κ2) is 7.53. The average molecular weight is 396 g/mol. The number of hydrogen-bond acceptors (Lipinski definition) is 5. The SMILES string of the molecule is Clc1ccc2c(c1)CCOCc1nnc(C3CCN(c4ccccn4)CC3)n1-2. The predicted molar refractivity (Wildman–Crippen MR) is 108 cm³/mol. The second-order valence-corrected chi connectivity index (χ2v) is 7.77. The number of ether oxygens (including phenoxy) is 1. The summed E-state index contributed by atoms with van der Waals surface area (Å²) in [5, 5.41) is 9.80. The number of pyridine rings is 1. The summed E-state index contributed by atoms with van der Waals surface area (Å²) < 4.78 is 7.99. The molecule has 1 aromatic carbocycles. The van der Waals surface area contributed by atoms with Crippen LogP contribution in [0.1, 0.15) is 36.0 Å². The zero-order valence-electron chi connectivity index (χ0n) is 15.6. The fourth-order valence-corrected chi connectivity index (χ4v) is 4.37. The zero-order valence-corrected chi connectivity index (χ0v) is 16.3. The van der Waals surface area contributed by atoms with Gasteiger partial charge in [-0.3, -0.25) is 4.57 Å². The minimum atomic E-state index is 0.365. The van der Waals surface area contributed by atoms with Crippen LogP contribution in [0, 0.1) is 0 Å². The molecule has 144 valence electrons. The molecule has 0 unspecified atom stereocenters. The molecule has 0 saturated carbocycles. The van der Waals surface area contributed by atoms with Crippen LogP contribution in [0.15, 0.2) is 42.6 Å². The Kier molecular flexibility index (Phi) is 4.74. The van der Waals surface area contributed by atoms with Gasteiger partial charge in [-0.2, -0.15) is 0 Å². The first kappa shape index (κ1) is 17.6. The van der Waals surface area contributed by atoms with Gasteiger partial charge in [0.2, 0.25) is 0 Å². The van der Waals surface area contributed by atoms with Gasteiger partial charge in [-0.05, 0) is 55.2 Å². The van der Waals surface area contributed by atoms with Crippen LogP contribution in [-0.2, 0) is 17.8 Å². The van der Waals surface area contributed by atoms with Crippen molar-refractivity contribution in [1.29, 1.82) is 0 Å². The van der Waals surface area contributed by atoms with Crippen LogP contribution in [0.5, 0.6) is 0 Å². The van der Waals surface area contributed by atoms with E-state index in [1.54, 1.807) is 0 Å². The van der Waals surface area contributed by atoms with E-state index < -0.39 is 0 Å². The van der Waals surface area contributed by atoms with E-state index in [2.05, 4.69) is 36.8 Å². The molecule has 0 N–H and O–H groups in total. The number of anilines is 1. The van der Waals surface area contributed by atoms with E-state index in [0.717, 1.165) is 60.5 Å². The Hall–Kier alpha value is -2.44. The highest BCUT2D eigenvalue weighted by Gasteiger charge is 2.28. The molecular formula is C21H22ClN5O. The molecule has 1 fully saturated rings. The first-order valence-electron chi connectivity index (χ1n) is 9.76. The van der Waals surface area contributed by atoms with Crippen molar-refractivity contribution < 1.29 is 4.74 Å². The maximum atomic E-state index is 6.24. The summed E-state index contributed by atoms with van der Waals surface area (Å²) in [5.41, 5.74) is 2.32. The maximum absolute atomic E-state index is 6.24. The van der Waals surface area contributed by atoms with Gasteiger partial charge in [0.1, 0.15) is 18.2 Å². The monoisotopic (exact) mass is 395 g/mol. The molecule has 0 spiro atoms. The summed E-state index contributed by atoms with van der Waals surface area (Å²) in [4.78, 5) is 6.83. The minimum absolute atomic E-state index is 0.365. The van der Waals surface area contributed by atoms with Crippen molar-refractivity contribution in [2.45, 2.75) is 31.8 Å².